The van der Waals surface area contributed by atoms with Crippen LogP contribution in [0.15, 0.2) is 30.3 Å². The van der Waals surface area contributed by atoms with Crippen LogP contribution in [0.4, 0.5) is 0 Å². The van der Waals surface area contributed by atoms with Crippen LogP contribution in [0, 0.1) is 0 Å². The van der Waals surface area contributed by atoms with E-state index in [-0.39, 0.29) is 17.0 Å². The van der Waals surface area contributed by atoms with Crippen LogP contribution in [0.3, 0.4) is 0 Å². The van der Waals surface area contributed by atoms with E-state index in [1.807, 2.05) is 0 Å². The van der Waals surface area contributed by atoms with Gasteiger partial charge in [0, 0.05) is 10.7 Å². The van der Waals surface area contributed by atoms with Crippen molar-refractivity contribution in [2.45, 2.75) is 25.7 Å². The van der Waals surface area contributed by atoms with Gasteiger partial charge in [0.2, 0.25) is 0 Å². The van der Waals surface area contributed by atoms with E-state index >= 15 is 0 Å². The molecule has 0 unspecified atom stereocenters. The Morgan fingerprint density at radius 1 is 0.850 bits per heavy atom. The number of nitrogens with zero attached hydrogens (tertiary/aromatic N) is 1. The Kier molecular flexibility index (Phi) is 16.7. The van der Waals surface area contributed by atoms with Crippen LogP contribution in [-0.4, -0.2) is 42.8 Å². The van der Waals surface area contributed by atoms with Gasteiger partial charge >= 0.3 is 0 Å². The molecule has 0 saturated heterocycles. The lowest BCUT2D eigenvalue weighted by atomic mass is 10.1. The fourth-order valence-electron chi connectivity index (χ4n) is 1.60. The normalized spacial score (nSPS) is 10.2. The molecule has 20 heavy (non-hydrogen) atoms. The quantitative estimate of drug-likeness (QED) is 0.322. The summed E-state index contributed by atoms with van der Waals surface area (Å²) < 4.78 is 1.09. The van der Waals surface area contributed by atoms with E-state index in [4.69, 9.17) is 0 Å². The van der Waals surface area contributed by atoms with Gasteiger partial charge in [-0.25, -0.2) is 0 Å². The first-order chi connectivity index (χ1) is 8.99. The summed E-state index contributed by atoms with van der Waals surface area (Å²) in [5.74, 6) is 0. The zero-order valence-corrected chi connectivity index (χ0v) is 17.7. The third-order valence-electron chi connectivity index (χ3n) is 2.65. The molecule has 0 aliphatic rings. The Balaban J connectivity index is 0. The van der Waals surface area contributed by atoms with E-state index in [2.05, 4.69) is 83.3 Å². The molecule has 1 aromatic carbocycles. The monoisotopic (exact) mass is 471 g/mol. The molecule has 118 valence electrons. The van der Waals surface area contributed by atoms with Crippen molar-refractivity contribution in [3.05, 3.63) is 35.9 Å². The molecule has 1 nitrogen and oxygen atoms in total. The molecule has 4 heteroatoms. The van der Waals surface area contributed by atoms with Gasteiger partial charge in [0.1, 0.15) is 0 Å². The minimum atomic E-state index is 0. The number of alkyl halides is 2. The Morgan fingerprint density at radius 2 is 1.40 bits per heavy atom. The molecule has 0 fully saturated rings. The van der Waals surface area contributed by atoms with Crippen LogP contribution in [-0.2, 0) is 6.42 Å². The summed E-state index contributed by atoms with van der Waals surface area (Å²) in [6, 6.07) is 10.6. The fourth-order valence-corrected chi connectivity index (χ4v) is 2.27. The van der Waals surface area contributed by atoms with Gasteiger partial charge in [-0.3, -0.25) is 0 Å². The SMILES string of the molecule is BrCCCc1ccccc1.C[N+](C)(C)CCCCBr.[Br-]. The Bertz CT molecular complexity index is 296. The first-order valence-corrected chi connectivity index (χ1v) is 9.20. The molecule has 0 saturated carbocycles. The molecule has 0 atom stereocenters. The van der Waals surface area contributed by atoms with Crippen LogP contribution in [0.2, 0.25) is 0 Å². The minimum Gasteiger partial charge on any atom is -1.00 e. The number of rotatable bonds is 7. The molecule has 0 spiro atoms. The number of quaternary nitrogens is 1. The highest BCUT2D eigenvalue weighted by molar-refractivity contribution is 9.09. The summed E-state index contributed by atoms with van der Waals surface area (Å²) in [5, 5.41) is 2.24. The van der Waals surface area contributed by atoms with Crippen molar-refractivity contribution in [3.8, 4) is 0 Å². The fraction of sp³-hybridized carbons (Fsp3) is 0.625. The first kappa shape index (κ1) is 22.9. The minimum absolute atomic E-state index is 0. The maximum atomic E-state index is 3.41. The number of aryl methyl sites for hydroxylation is 1. The van der Waals surface area contributed by atoms with Gasteiger partial charge in [0.05, 0.1) is 27.7 Å². The van der Waals surface area contributed by atoms with Crippen molar-refractivity contribution >= 4 is 31.9 Å². The lowest BCUT2D eigenvalue weighted by Crippen LogP contribution is -3.00. The zero-order chi connectivity index (χ0) is 14.6. The molecule has 0 aromatic heterocycles. The van der Waals surface area contributed by atoms with E-state index in [0.29, 0.717) is 0 Å². The number of hydrogen-bond acceptors (Lipinski definition) is 0. The van der Waals surface area contributed by atoms with Crippen LogP contribution in [0.5, 0.6) is 0 Å². The van der Waals surface area contributed by atoms with Crippen molar-refractivity contribution in [1.82, 2.24) is 0 Å². The smallest absolute Gasteiger partial charge is 0.0780 e. The Labute approximate surface area is 152 Å². The topological polar surface area (TPSA) is 0 Å². The summed E-state index contributed by atoms with van der Waals surface area (Å²) in [4.78, 5) is 0. The number of unbranched alkanes of at least 4 members (excludes halogenated alkanes) is 1. The van der Waals surface area contributed by atoms with Gasteiger partial charge in [-0.05, 0) is 31.2 Å². The number of benzene rings is 1. The van der Waals surface area contributed by atoms with Gasteiger partial charge in [0.15, 0.2) is 0 Å². The molecule has 0 heterocycles. The highest BCUT2D eigenvalue weighted by Crippen LogP contribution is 2.03. The van der Waals surface area contributed by atoms with Crippen LogP contribution >= 0.6 is 31.9 Å². The molecule has 0 bridgehead atoms. The summed E-state index contributed by atoms with van der Waals surface area (Å²) in [6.45, 7) is 1.28. The maximum Gasteiger partial charge on any atom is 0.0780 e. The van der Waals surface area contributed by atoms with Crippen molar-refractivity contribution in [3.63, 3.8) is 0 Å². The van der Waals surface area contributed by atoms with E-state index in [1.54, 1.807) is 0 Å². The van der Waals surface area contributed by atoms with Crippen molar-refractivity contribution in [1.29, 1.82) is 0 Å². The second kappa shape index (κ2) is 14.6. The number of hydrogen-bond donors (Lipinski definition) is 0. The lowest BCUT2D eigenvalue weighted by Gasteiger charge is -2.23. The molecule has 0 aliphatic heterocycles. The van der Waals surface area contributed by atoms with Crippen molar-refractivity contribution < 1.29 is 21.5 Å². The largest absolute Gasteiger partial charge is 1.00 e. The predicted octanol–water partition coefficient (Wildman–Crippen LogP) is 1.89. The zero-order valence-electron chi connectivity index (χ0n) is 12.9. The van der Waals surface area contributed by atoms with Gasteiger partial charge in [-0.2, -0.15) is 0 Å². The molecule has 1 rings (SSSR count). The molecule has 0 N–H and O–H groups in total. The lowest BCUT2D eigenvalue weighted by molar-refractivity contribution is -0.870. The second-order valence-corrected chi connectivity index (χ2v) is 7.27. The molecule has 0 radical (unpaired) electrons. The summed E-state index contributed by atoms with van der Waals surface area (Å²) >= 11 is 6.82. The first-order valence-electron chi connectivity index (χ1n) is 6.96. The molecule has 1 aromatic rings. The molecule has 0 amide bonds. The molecular formula is C16H28Br3N. The molecule has 0 aliphatic carbocycles. The van der Waals surface area contributed by atoms with E-state index in [9.17, 15) is 0 Å². The second-order valence-electron chi connectivity index (χ2n) is 5.69. The van der Waals surface area contributed by atoms with Crippen LogP contribution in [0.1, 0.15) is 24.8 Å². The summed E-state index contributed by atoms with van der Waals surface area (Å²) in [5.41, 5.74) is 1.43. The average Bonchev–Trinajstić information content (AvgIpc) is 2.37. The Morgan fingerprint density at radius 3 is 1.85 bits per heavy atom. The van der Waals surface area contributed by atoms with Gasteiger partial charge in [0.25, 0.3) is 0 Å². The summed E-state index contributed by atoms with van der Waals surface area (Å²) in [7, 11) is 6.69. The summed E-state index contributed by atoms with van der Waals surface area (Å²) in [6.07, 6.45) is 5.04. The van der Waals surface area contributed by atoms with E-state index in [0.717, 1.165) is 15.1 Å². The van der Waals surface area contributed by atoms with Crippen molar-refractivity contribution in [2.75, 3.05) is 38.3 Å². The molecular weight excluding hydrogens is 446 g/mol. The van der Waals surface area contributed by atoms with Crippen LogP contribution in [0.25, 0.3) is 0 Å². The standard InChI is InChI=1S/C9H11Br.C7H17BrN.BrH/c10-8-4-7-9-5-2-1-3-6-9;1-9(2,3)7-5-4-6-8;/h1-3,5-6H,4,7-8H2;4-7H2,1-3H3;1H/q;+1;/p-1. The average molecular weight is 474 g/mol. The van der Waals surface area contributed by atoms with Crippen LogP contribution < -0.4 is 17.0 Å². The van der Waals surface area contributed by atoms with Gasteiger partial charge in [-0.1, -0.05) is 62.2 Å². The van der Waals surface area contributed by atoms with Crippen molar-refractivity contribution in [2.24, 2.45) is 0 Å². The number of halogens is 3. The van der Waals surface area contributed by atoms with E-state index in [1.165, 1.54) is 37.8 Å². The highest BCUT2D eigenvalue weighted by Gasteiger charge is 2.03. The van der Waals surface area contributed by atoms with Gasteiger partial charge in [-0.15, -0.1) is 0 Å². The van der Waals surface area contributed by atoms with Gasteiger partial charge < -0.3 is 21.5 Å². The predicted molar refractivity (Wildman–Crippen MR) is 94.5 cm³/mol. The van der Waals surface area contributed by atoms with E-state index < -0.39 is 0 Å². The Hall–Kier alpha value is 0.620. The third-order valence-corrected chi connectivity index (χ3v) is 3.78. The maximum absolute atomic E-state index is 3.41. The third kappa shape index (κ3) is 16.7. The highest BCUT2D eigenvalue weighted by atomic mass is 79.9.